The maximum atomic E-state index is 15.2. The first-order chi connectivity index (χ1) is 28.8. The van der Waals surface area contributed by atoms with Crippen molar-refractivity contribution in [1.29, 1.82) is 5.26 Å². The van der Waals surface area contributed by atoms with Gasteiger partial charge in [0, 0.05) is 80.2 Å². The summed E-state index contributed by atoms with van der Waals surface area (Å²) in [7, 11) is 1.71. The number of nitrogens with zero attached hydrogens (tertiary/aromatic N) is 7. The van der Waals surface area contributed by atoms with Gasteiger partial charge in [0.1, 0.15) is 23.4 Å². The molecule has 14 nitrogen and oxygen atoms in total. The lowest BCUT2D eigenvalue weighted by molar-refractivity contribution is -0.134. The molecule has 1 aliphatic carbocycles. The number of imide groups is 1. The molecule has 2 saturated heterocycles. The summed E-state index contributed by atoms with van der Waals surface area (Å²) in [4.78, 5) is 42.2. The third-order valence-corrected chi connectivity index (χ3v) is 12.4. The number of benzene rings is 2. The highest BCUT2D eigenvalue weighted by Crippen LogP contribution is 2.37. The van der Waals surface area contributed by atoms with Gasteiger partial charge in [-0.1, -0.05) is 0 Å². The molecule has 5 heterocycles. The van der Waals surface area contributed by atoms with Gasteiger partial charge in [-0.2, -0.15) is 15.5 Å². The van der Waals surface area contributed by atoms with E-state index >= 15 is 8.78 Å². The number of methoxy groups -OCH3 is 1. The van der Waals surface area contributed by atoms with E-state index in [-0.39, 0.29) is 30.5 Å². The molecule has 16 heteroatoms. The van der Waals surface area contributed by atoms with E-state index < -0.39 is 40.9 Å². The molecule has 0 radical (unpaired) electrons. The minimum absolute atomic E-state index is 0.0475. The zero-order chi connectivity index (χ0) is 42.3. The molecule has 0 spiro atoms. The molecule has 0 unspecified atom stereocenters. The molecule has 2 aliphatic heterocycles. The topological polar surface area (TPSA) is 170 Å². The number of piperidine rings is 1. The predicted molar refractivity (Wildman–Crippen MR) is 218 cm³/mol. The molecule has 3 N–H and O–H groups in total. The normalized spacial score (nSPS) is 21.9. The van der Waals surface area contributed by atoms with Crippen molar-refractivity contribution in [3.05, 3.63) is 94.4 Å². The first-order valence-corrected chi connectivity index (χ1v) is 20.5. The average Bonchev–Trinajstić information content (AvgIpc) is 3.84. The summed E-state index contributed by atoms with van der Waals surface area (Å²) < 4.78 is 39.5. The van der Waals surface area contributed by atoms with Crippen molar-refractivity contribution in [2.75, 3.05) is 45.2 Å². The van der Waals surface area contributed by atoms with Crippen molar-refractivity contribution in [2.45, 2.75) is 88.4 Å². The average molecular weight is 822 g/mol. The predicted octanol–water partition coefficient (Wildman–Crippen LogP) is 5.19. The Labute approximate surface area is 346 Å². The molecule has 8 rings (SSSR count). The monoisotopic (exact) mass is 821 g/mol. The number of ether oxygens (including phenoxy) is 1. The lowest BCUT2D eigenvalue weighted by Crippen LogP contribution is -2.58. The zero-order valence-corrected chi connectivity index (χ0v) is 34.0. The highest BCUT2D eigenvalue weighted by atomic mass is 19.1. The molecular formula is C44H49F2N9O5. The van der Waals surface area contributed by atoms with Crippen molar-refractivity contribution in [3.8, 4) is 6.07 Å². The van der Waals surface area contributed by atoms with Crippen LogP contribution in [0.3, 0.4) is 0 Å². The van der Waals surface area contributed by atoms with Gasteiger partial charge in [-0.05, 0) is 100 Å². The Morgan fingerprint density at radius 3 is 2.50 bits per heavy atom. The number of anilines is 1. The third kappa shape index (κ3) is 8.40. The van der Waals surface area contributed by atoms with Gasteiger partial charge in [0.2, 0.25) is 11.8 Å². The van der Waals surface area contributed by atoms with Gasteiger partial charge in [0.25, 0.3) is 5.91 Å². The van der Waals surface area contributed by atoms with E-state index in [1.807, 2.05) is 23.0 Å². The fourth-order valence-corrected chi connectivity index (χ4v) is 9.29. The van der Waals surface area contributed by atoms with Crippen molar-refractivity contribution in [2.24, 2.45) is 0 Å². The molecule has 3 aliphatic rings. The number of hydrogen-bond donors (Lipinski definition) is 3. The first-order valence-electron chi connectivity index (χ1n) is 20.5. The quantitative estimate of drug-likeness (QED) is 0.151. The van der Waals surface area contributed by atoms with Gasteiger partial charge >= 0.3 is 0 Å². The van der Waals surface area contributed by atoms with Gasteiger partial charge in [-0.3, -0.25) is 29.3 Å². The molecule has 3 aromatic heterocycles. The maximum absolute atomic E-state index is 15.2. The second-order valence-electron chi connectivity index (χ2n) is 16.8. The van der Waals surface area contributed by atoms with Gasteiger partial charge in [0.15, 0.2) is 0 Å². The van der Waals surface area contributed by atoms with Crippen LogP contribution in [0.15, 0.2) is 54.9 Å². The number of rotatable bonds is 11. The summed E-state index contributed by atoms with van der Waals surface area (Å²) in [5.74, 6) is -4.03. The van der Waals surface area contributed by atoms with Gasteiger partial charge < -0.3 is 20.1 Å². The van der Waals surface area contributed by atoms with Gasteiger partial charge in [0.05, 0.1) is 47.0 Å². The van der Waals surface area contributed by atoms with Crippen LogP contribution in [0.25, 0.3) is 16.4 Å². The highest BCUT2D eigenvalue weighted by molar-refractivity contribution is 6.05. The number of halogens is 2. The Balaban J connectivity index is 0.895. The van der Waals surface area contributed by atoms with Crippen LogP contribution in [0, 0.1) is 23.0 Å². The molecule has 60 heavy (non-hydrogen) atoms. The van der Waals surface area contributed by atoms with Crippen LogP contribution in [0.4, 0.5) is 14.5 Å². The molecule has 3 fully saturated rings. The molecule has 314 valence electrons. The number of aliphatic hydroxyl groups is 1. The van der Waals surface area contributed by atoms with E-state index in [2.05, 4.69) is 31.6 Å². The number of nitrogens with one attached hydrogen (secondary N) is 2. The Morgan fingerprint density at radius 2 is 1.80 bits per heavy atom. The number of amides is 3. The SMILES string of the molecule is COC[C@@H]1CN(CCc2cc(F)c([C@H]3CCC(=O)NC3=O)c(F)c2)CCN1C1CCC(n2cc3cc(NC(=O)c4ccc5cc(C#N)cnn45)c(C(C)(C)O)cc3n2)CC1. The summed E-state index contributed by atoms with van der Waals surface area (Å²) in [5.41, 5.74) is 2.00. The van der Waals surface area contributed by atoms with Crippen LogP contribution in [-0.4, -0.2) is 104 Å². The maximum Gasteiger partial charge on any atom is 0.274 e. The van der Waals surface area contributed by atoms with Crippen molar-refractivity contribution in [3.63, 3.8) is 0 Å². The van der Waals surface area contributed by atoms with Crippen molar-refractivity contribution in [1.82, 2.24) is 34.5 Å². The second-order valence-corrected chi connectivity index (χ2v) is 16.8. The number of hydrogen-bond acceptors (Lipinski definition) is 10. The minimum atomic E-state index is -1.27. The molecule has 3 amide bonds. The Hall–Kier alpha value is -5.60. The molecule has 2 atom stereocenters. The Bertz CT molecular complexity index is 2470. The van der Waals surface area contributed by atoms with Crippen LogP contribution >= 0.6 is 0 Å². The number of carbonyl (C=O) groups is 3. The van der Waals surface area contributed by atoms with Crippen molar-refractivity contribution < 1.29 is 33.0 Å². The standard InChI is InChI=1S/C44H49F2N9O5/c1-44(2,59)34-20-37-28(19-38(34)49-43(58)39-10-8-31-16-27(21-47)22-48-55(31)39)23-54(51-37)30-6-4-29(5-7-30)53-15-14-52(24-32(53)25-60-3)13-12-26-17-35(45)41(36(46)18-26)33-9-11-40(56)50-42(33)57/h8,10,16-20,22-23,29-30,32-33,59H,4-7,9,11-15,24-25H2,1-3H3,(H,49,58)(H,50,56,57)/t29?,30?,32-,33+/m0/s1. The van der Waals surface area contributed by atoms with E-state index in [0.29, 0.717) is 59.2 Å². The van der Waals surface area contributed by atoms with E-state index in [9.17, 15) is 24.8 Å². The van der Waals surface area contributed by atoms with Crippen LogP contribution in [-0.2, 0) is 26.3 Å². The second kappa shape index (κ2) is 16.8. The van der Waals surface area contributed by atoms with E-state index in [1.165, 1.54) is 22.8 Å². The van der Waals surface area contributed by atoms with Crippen LogP contribution in [0.1, 0.15) is 97.1 Å². The largest absolute Gasteiger partial charge is 0.386 e. The van der Waals surface area contributed by atoms with Crippen LogP contribution < -0.4 is 10.6 Å². The van der Waals surface area contributed by atoms with E-state index in [1.54, 1.807) is 39.2 Å². The fraction of sp³-hybridized carbons (Fsp3) is 0.455. The molecule has 2 aromatic carbocycles. The number of piperazine rings is 1. The molecular weight excluding hydrogens is 773 g/mol. The lowest BCUT2D eigenvalue weighted by atomic mass is 9.88. The number of fused-ring (bicyclic) bond motifs is 2. The smallest absolute Gasteiger partial charge is 0.274 e. The number of nitriles is 1. The Morgan fingerprint density at radius 1 is 1.05 bits per heavy atom. The summed E-state index contributed by atoms with van der Waals surface area (Å²) in [6, 6.07) is 14.1. The highest BCUT2D eigenvalue weighted by Gasteiger charge is 2.36. The fourth-order valence-electron chi connectivity index (χ4n) is 9.29. The van der Waals surface area contributed by atoms with Crippen LogP contribution in [0.5, 0.6) is 0 Å². The first kappa shape index (κ1) is 41.1. The summed E-state index contributed by atoms with van der Waals surface area (Å²) in [5, 5.41) is 35.6. The summed E-state index contributed by atoms with van der Waals surface area (Å²) in [6.07, 6.45) is 7.80. The number of aromatic nitrogens is 4. The third-order valence-electron chi connectivity index (χ3n) is 12.4. The van der Waals surface area contributed by atoms with E-state index in [0.717, 1.165) is 56.2 Å². The Kier molecular flexibility index (Phi) is 11.5. The zero-order valence-electron chi connectivity index (χ0n) is 34.0. The molecule has 1 saturated carbocycles. The van der Waals surface area contributed by atoms with Gasteiger partial charge in [-0.15, -0.1) is 0 Å². The number of carbonyl (C=O) groups excluding carboxylic acids is 3. The molecule has 5 aromatic rings. The summed E-state index contributed by atoms with van der Waals surface area (Å²) in [6.45, 7) is 6.94. The lowest BCUT2D eigenvalue weighted by Gasteiger charge is -2.47. The van der Waals surface area contributed by atoms with Gasteiger partial charge in [-0.25, -0.2) is 13.3 Å². The summed E-state index contributed by atoms with van der Waals surface area (Å²) >= 11 is 0. The van der Waals surface area contributed by atoms with Crippen LogP contribution in [0.2, 0.25) is 0 Å². The molecule has 0 bridgehead atoms. The van der Waals surface area contributed by atoms with E-state index in [4.69, 9.17) is 9.84 Å². The minimum Gasteiger partial charge on any atom is -0.386 e. The van der Waals surface area contributed by atoms with Crippen molar-refractivity contribution >= 4 is 39.8 Å².